The van der Waals surface area contributed by atoms with E-state index in [0.717, 1.165) is 5.56 Å². The van der Waals surface area contributed by atoms with E-state index in [4.69, 9.17) is 11.6 Å². The van der Waals surface area contributed by atoms with Crippen molar-refractivity contribution in [2.75, 3.05) is 5.32 Å². The van der Waals surface area contributed by atoms with Crippen molar-refractivity contribution in [3.8, 4) is 0 Å². The highest BCUT2D eigenvalue weighted by Crippen LogP contribution is 2.21. The molecule has 0 saturated carbocycles. The Labute approximate surface area is 131 Å². The molecule has 0 aliphatic heterocycles. The summed E-state index contributed by atoms with van der Waals surface area (Å²) in [5.74, 6) is 0.422. The lowest BCUT2D eigenvalue weighted by Crippen LogP contribution is -2.31. The molecule has 2 heterocycles. The standard InChI is InChI=1S/C15H14ClN5O/c1-9(10-5-3-2-4-6-10)18-15(22)19-13-7-12-11(8-17-13)14(16)21-20-12/h2-9H,1H3,(H,20,21)(H2,17,18,19,22)/t9-/m1/s1. The van der Waals surface area contributed by atoms with Crippen LogP contribution in [0.5, 0.6) is 0 Å². The van der Waals surface area contributed by atoms with Gasteiger partial charge in [0.2, 0.25) is 0 Å². The maximum atomic E-state index is 12.0. The average molecular weight is 316 g/mol. The summed E-state index contributed by atoms with van der Waals surface area (Å²) in [6, 6.07) is 11.0. The molecule has 0 saturated heterocycles. The van der Waals surface area contributed by atoms with Crippen LogP contribution in [0.15, 0.2) is 42.6 Å². The third-order valence-electron chi connectivity index (χ3n) is 3.29. The molecule has 0 spiro atoms. The molecule has 22 heavy (non-hydrogen) atoms. The molecule has 0 radical (unpaired) electrons. The minimum atomic E-state index is -0.325. The normalized spacial score (nSPS) is 12.1. The van der Waals surface area contributed by atoms with Gasteiger partial charge in [-0.05, 0) is 12.5 Å². The number of benzene rings is 1. The molecule has 3 aromatic rings. The van der Waals surface area contributed by atoms with E-state index >= 15 is 0 Å². The van der Waals surface area contributed by atoms with Crippen molar-refractivity contribution >= 4 is 34.4 Å². The van der Waals surface area contributed by atoms with E-state index in [1.807, 2.05) is 37.3 Å². The van der Waals surface area contributed by atoms with E-state index < -0.39 is 0 Å². The number of carbonyl (C=O) groups excluding carboxylic acids is 1. The van der Waals surface area contributed by atoms with Gasteiger partial charge in [-0.3, -0.25) is 10.4 Å². The number of hydrogen-bond acceptors (Lipinski definition) is 3. The first-order chi connectivity index (χ1) is 10.6. The summed E-state index contributed by atoms with van der Waals surface area (Å²) in [5, 5.41) is 13.3. The number of carbonyl (C=O) groups is 1. The van der Waals surface area contributed by atoms with Crippen molar-refractivity contribution < 1.29 is 4.79 Å². The fourth-order valence-corrected chi connectivity index (χ4v) is 2.32. The number of nitrogens with zero attached hydrogens (tertiary/aromatic N) is 2. The molecule has 1 atom stereocenters. The number of H-pyrrole nitrogens is 1. The van der Waals surface area contributed by atoms with E-state index in [1.54, 1.807) is 12.3 Å². The highest BCUT2D eigenvalue weighted by molar-refractivity contribution is 6.34. The summed E-state index contributed by atoms with van der Waals surface area (Å²) in [6.07, 6.45) is 1.57. The number of nitrogens with one attached hydrogen (secondary N) is 3. The van der Waals surface area contributed by atoms with E-state index in [0.29, 0.717) is 21.9 Å². The summed E-state index contributed by atoms with van der Waals surface area (Å²) < 4.78 is 0. The molecular weight excluding hydrogens is 302 g/mol. The molecule has 6 nitrogen and oxygen atoms in total. The predicted octanol–water partition coefficient (Wildman–Crippen LogP) is 3.49. The van der Waals surface area contributed by atoms with Crippen LogP contribution in [0.25, 0.3) is 10.9 Å². The average Bonchev–Trinajstić information content (AvgIpc) is 2.89. The maximum absolute atomic E-state index is 12.0. The monoisotopic (exact) mass is 315 g/mol. The van der Waals surface area contributed by atoms with Gasteiger partial charge in [-0.25, -0.2) is 9.78 Å². The van der Waals surface area contributed by atoms with Crippen LogP contribution in [0.2, 0.25) is 5.15 Å². The fraction of sp³-hybridized carbons (Fsp3) is 0.133. The smallest absolute Gasteiger partial charge is 0.320 e. The van der Waals surface area contributed by atoms with Crippen LogP contribution < -0.4 is 10.6 Å². The SMILES string of the molecule is C[C@@H](NC(=O)Nc1cc2[nH]nc(Cl)c2cn1)c1ccccc1. The quantitative estimate of drug-likeness (QED) is 0.692. The Bertz CT molecular complexity index is 802. The lowest BCUT2D eigenvalue weighted by atomic mass is 10.1. The van der Waals surface area contributed by atoms with Gasteiger partial charge < -0.3 is 5.32 Å². The summed E-state index contributed by atoms with van der Waals surface area (Å²) in [6.45, 7) is 1.92. The fourth-order valence-electron chi connectivity index (χ4n) is 2.12. The van der Waals surface area contributed by atoms with Crippen LogP contribution in [0, 0.1) is 0 Å². The Morgan fingerprint density at radius 2 is 2.09 bits per heavy atom. The molecule has 1 aromatic carbocycles. The third-order valence-corrected chi connectivity index (χ3v) is 3.58. The van der Waals surface area contributed by atoms with Crippen LogP contribution >= 0.6 is 11.6 Å². The second kappa shape index (κ2) is 6.03. The van der Waals surface area contributed by atoms with Crippen LogP contribution in [-0.2, 0) is 0 Å². The Balaban J connectivity index is 1.67. The number of rotatable bonds is 3. The molecule has 0 bridgehead atoms. The Morgan fingerprint density at radius 1 is 1.32 bits per heavy atom. The molecule has 0 aliphatic carbocycles. The van der Waals surface area contributed by atoms with Crippen molar-refractivity contribution in [2.24, 2.45) is 0 Å². The molecule has 3 rings (SSSR count). The van der Waals surface area contributed by atoms with Gasteiger partial charge in [-0.2, -0.15) is 5.10 Å². The Morgan fingerprint density at radius 3 is 2.86 bits per heavy atom. The van der Waals surface area contributed by atoms with Crippen LogP contribution in [0.1, 0.15) is 18.5 Å². The molecular formula is C15H14ClN5O. The van der Waals surface area contributed by atoms with E-state index in [1.165, 1.54) is 0 Å². The molecule has 7 heteroatoms. The zero-order chi connectivity index (χ0) is 15.5. The van der Waals surface area contributed by atoms with Gasteiger partial charge in [-0.15, -0.1) is 0 Å². The topological polar surface area (TPSA) is 82.7 Å². The molecule has 0 aliphatic rings. The van der Waals surface area contributed by atoms with Gasteiger partial charge >= 0.3 is 6.03 Å². The number of aromatic nitrogens is 3. The van der Waals surface area contributed by atoms with E-state index in [9.17, 15) is 4.79 Å². The van der Waals surface area contributed by atoms with Gasteiger partial charge in [0.15, 0.2) is 5.15 Å². The molecule has 2 amide bonds. The molecule has 0 unspecified atom stereocenters. The number of anilines is 1. The van der Waals surface area contributed by atoms with Gasteiger partial charge in [-0.1, -0.05) is 41.9 Å². The van der Waals surface area contributed by atoms with Gasteiger partial charge in [0.1, 0.15) is 5.82 Å². The number of hydrogen-bond donors (Lipinski definition) is 3. The van der Waals surface area contributed by atoms with Crippen molar-refractivity contribution in [3.05, 3.63) is 53.3 Å². The van der Waals surface area contributed by atoms with Crippen molar-refractivity contribution in [3.63, 3.8) is 0 Å². The summed E-state index contributed by atoms with van der Waals surface area (Å²) in [7, 11) is 0. The predicted molar refractivity (Wildman–Crippen MR) is 85.9 cm³/mol. The Kier molecular flexibility index (Phi) is 3.93. The first-order valence-electron chi connectivity index (χ1n) is 6.75. The number of halogens is 1. The lowest BCUT2D eigenvalue weighted by molar-refractivity contribution is 0.249. The second-order valence-corrected chi connectivity index (χ2v) is 5.22. The van der Waals surface area contributed by atoms with Crippen LogP contribution in [-0.4, -0.2) is 21.2 Å². The number of amides is 2. The Hall–Kier alpha value is -2.60. The number of fused-ring (bicyclic) bond motifs is 1. The summed E-state index contributed by atoms with van der Waals surface area (Å²) in [5.41, 5.74) is 1.74. The van der Waals surface area contributed by atoms with Crippen molar-refractivity contribution in [1.82, 2.24) is 20.5 Å². The third kappa shape index (κ3) is 3.01. The first-order valence-corrected chi connectivity index (χ1v) is 7.13. The second-order valence-electron chi connectivity index (χ2n) is 4.86. The highest BCUT2D eigenvalue weighted by Gasteiger charge is 2.11. The maximum Gasteiger partial charge on any atom is 0.320 e. The first kappa shape index (κ1) is 14.3. The zero-order valence-electron chi connectivity index (χ0n) is 11.8. The highest BCUT2D eigenvalue weighted by atomic mass is 35.5. The van der Waals surface area contributed by atoms with E-state index in [-0.39, 0.29) is 12.1 Å². The van der Waals surface area contributed by atoms with E-state index in [2.05, 4.69) is 25.8 Å². The van der Waals surface area contributed by atoms with Crippen LogP contribution in [0.3, 0.4) is 0 Å². The number of aromatic amines is 1. The minimum absolute atomic E-state index is 0.105. The molecule has 3 N–H and O–H groups in total. The van der Waals surface area contributed by atoms with Gasteiger partial charge in [0.05, 0.1) is 16.9 Å². The van der Waals surface area contributed by atoms with Crippen molar-refractivity contribution in [2.45, 2.75) is 13.0 Å². The summed E-state index contributed by atoms with van der Waals surface area (Å²) in [4.78, 5) is 16.2. The lowest BCUT2D eigenvalue weighted by Gasteiger charge is -2.14. The molecule has 2 aromatic heterocycles. The van der Waals surface area contributed by atoms with Gasteiger partial charge in [0.25, 0.3) is 0 Å². The van der Waals surface area contributed by atoms with Crippen molar-refractivity contribution in [1.29, 1.82) is 0 Å². The largest absolute Gasteiger partial charge is 0.331 e. The van der Waals surface area contributed by atoms with Gasteiger partial charge in [0, 0.05) is 12.3 Å². The number of urea groups is 1. The molecule has 112 valence electrons. The molecule has 0 fully saturated rings. The minimum Gasteiger partial charge on any atom is -0.331 e. The number of pyridine rings is 1. The van der Waals surface area contributed by atoms with Crippen LogP contribution in [0.4, 0.5) is 10.6 Å². The summed E-state index contributed by atoms with van der Waals surface area (Å²) >= 11 is 5.89. The zero-order valence-corrected chi connectivity index (χ0v) is 12.6.